The van der Waals surface area contributed by atoms with Gasteiger partial charge in [0.05, 0.1) is 0 Å². The quantitative estimate of drug-likeness (QED) is 0.580. The van der Waals surface area contributed by atoms with E-state index in [2.05, 4.69) is 10.2 Å². The highest BCUT2D eigenvalue weighted by atomic mass is 16.2. The number of piperidine rings is 1. The maximum absolute atomic E-state index is 13.8. The van der Waals surface area contributed by atoms with Crippen molar-refractivity contribution in [3.05, 3.63) is 35.4 Å². The normalized spacial score (nSPS) is 22.7. The van der Waals surface area contributed by atoms with E-state index in [1.54, 1.807) is 0 Å². The van der Waals surface area contributed by atoms with E-state index < -0.39 is 5.54 Å². The molecule has 3 rings (SSSR count). The first-order valence-electron chi connectivity index (χ1n) is 12.3. The fourth-order valence-electron chi connectivity index (χ4n) is 5.12. The molecule has 1 N–H and O–H groups in total. The molecule has 0 aliphatic carbocycles. The van der Waals surface area contributed by atoms with Crippen LogP contribution in [0.5, 0.6) is 0 Å². The molecule has 33 heavy (non-hydrogen) atoms. The highest BCUT2D eigenvalue weighted by molar-refractivity contribution is 6.07. The number of rotatable bonds is 9. The summed E-state index contributed by atoms with van der Waals surface area (Å²) in [6.07, 6.45) is 3.48. The average molecular weight is 457 g/mol. The summed E-state index contributed by atoms with van der Waals surface area (Å²) in [5, 5.41) is 3.15. The highest BCUT2D eigenvalue weighted by Gasteiger charge is 2.56. The molecule has 0 aromatic heterocycles. The van der Waals surface area contributed by atoms with Crippen molar-refractivity contribution in [3.8, 4) is 0 Å². The number of urea groups is 1. The van der Waals surface area contributed by atoms with Crippen LogP contribution in [0.4, 0.5) is 4.79 Å². The lowest BCUT2D eigenvalue weighted by Gasteiger charge is -2.41. The number of aryl methyl sites for hydroxylation is 1. The maximum Gasteiger partial charge on any atom is 0.325 e. The van der Waals surface area contributed by atoms with Crippen molar-refractivity contribution in [1.29, 1.82) is 0 Å². The minimum atomic E-state index is -0.952. The SMILES string of the molecule is CC[C@@H](C)C(=O)N1CCC([C@]2(Cc3ccccc3C)NC(=O)N(CCCN(C)C)C2=O)CC1. The van der Waals surface area contributed by atoms with E-state index in [1.807, 2.05) is 64.0 Å². The van der Waals surface area contributed by atoms with Gasteiger partial charge in [0.1, 0.15) is 5.54 Å². The number of nitrogens with one attached hydrogen (secondary N) is 1. The predicted molar refractivity (Wildman–Crippen MR) is 130 cm³/mol. The summed E-state index contributed by atoms with van der Waals surface area (Å²) in [6.45, 7) is 8.55. The molecule has 2 saturated heterocycles. The number of imide groups is 1. The van der Waals surface area contributed by atoms with Crippen LogP contribution in [-0.2, 0) is 16.0 Å². The standard InChI is InChI=1S/C26H40N4O3/c1-6-19(2)23(31)29-16-12-22(13-17-29)26(18-21-11-8-7-10-20(21)3)24(32)30(25(33)27-26)15-9-14-28(4)5/h7-8,10-11,19,22H,6,9,12-18H2,1-5H3,(H,27,33)/t19-,26+/m1/s1. The Morgan fingerprint density at radius 3 is 2.48 bits per heavy atom. The molecule has 0 radical (unpaired) electrons. The molecule has 7 nitrogen and oxygen atoms in total. The van der Waals surface area contributed by atoms with Gasteiger partial charge in [0.25, 0.3) is 5.91 Å². The fourth-order valence-corrected chi connectivity index (χ4v) is 5.12. The number of hydrogen-bond acceptors (Lipinski definition) is 4. The molecular formula is C26H40N4O3. The third kappa shape index (κ3) is 5.40. The molecule has 2 aliphatic heterocycles. The van der Waals surface area contributed by atoms with E-state index in [-0.39, 0.29) is 29.7 Å². The van der Waals surface area contributed by atoms with Gasteiger partial charge in [-0.05, 0) is 70.3 Å². The van der Waals surface area contributed by atoms with Crippen molar-refractivity contribution in [2.75, 3.05) is 40.3 Å². The molecule has 2 fully saturated rings. The van der Waals surface area contributed by atoms with E-state index in [0.717, 1.165) is 30.5 Å². The third-order valence-corrected chi connectivity index (χ3v) is 7.46. The number of benzene rings is 1. The van der Waals surface area contributed by atoms with Crippen LogP contribution in [0.3, 0.4) is 0 Å². The second-order valence-corrected chi connectivity index (χ2v) is 10.0. The van der Waals surface area contributed by atoms with Crippen LogP contribution >= 0.6 is 0 Å². The van der Waals surface area contributed by atoms with E-state index in [4.69, 9.17) is 0 Å². The van der Waals surface area contributed by atoms with Gasteiger partial charge in [-0.1, -0.05) is 38.1 Å². The Morgan fingerprint density at radius 1 is 1.21 bits per heavy atom. The van der Waals surface area contributed by atoms with Crippen LogP contribution in [0.1, 0.15) is 50.7 Å². The molecule has 2 atom stereocenters. The van der Waals surface area contributed by atoms with E-state index in [9.17, 15) is 14.4 Å². The minimum Gasteiger partial charge on any atom is -0.342 e. The molecule has 2 heterocycles. The highest BCUT2D eigenvalue weighted by Crippen LogP contribution is 2.37. The molecule has 4 amide bonds. The summed E-state index contributed by atoms with van der Waals surface area (Å²) in [5.41, 5.74) is 1.25. The molecule has 0 bridgehead atoms. The third-order valence-electron chi connectivity index (χ3n) is 7.46. The van der Waals surface area contributed by atoms with E-state index in [1.165, 1.54) is 4.90 Å². The van der Waals surface area contributed by atoms with Crippen LogP contribution in [0.25, 0.3) is 0 Å². The molecule has 2 aliphatic rings. The number of likely N-dealkylation sites (tertiary alicyclic amines) is 1. The topological polar surface area (TPSA) is 73.0 Å². The first-order valence-corrected chi connectivity index (χ1v) is 12.3. The van der Waals surface area contributed by atoms with Crippen LogP contribution in [0, 0.1) is 18.8 Å². The second kappa shape index (κ2) is 10.7. The average Bonchev–Trinajstić information content (AvgIpc) is 3.04. The zero-order valence-corrected chi connectivity index (χ0v) is 20.9. The van der Waals surface area contributed by atoms with Gasteiger partial charge in [-0.15, -0.1) is 0 Å². The first kappa shape index (κ1) is 25.2. The van der Waals surface area contributed by atoms with Crippen LogP contribution < -0.4 is 5.32 Å². The van der Waals surface area contributed by atoms with Gasteiger partial charge in [-0.3, -0.25) is 14.5 Å². The van der Waals surface area contributed by atoms with Crippen LogP contribution in [0.15, 0.2) is 24.3 Å². The van der Waals surface area contributed by atoms with Gasteiger partial charge in [-0.2, -0.15) is 0 Å². The molecule has 0 spiro atoms. The zero-order chi connectivity index (χ0) is 24.2. The van der Waals surface area contributed by atoms with Crippen LogP contribution in [-0.4, -0.2) is 78.4 Å². The van der Waals surface area contributed by atoms with Gasteiger partial charge in [0.15, 0.2) is 0 Å². The number of nitrogens with zero attached hydrogens (tertiary/aromatic N) is 3. The van der Waals surface area contributed by atoms with Crippen molar-refractivity contribution in [1.82, 2.24) is 20.0 Å². The molecule has 1 aromatic carbocycles. The summed E-state index contributed by atoms with van der Waals surface area (Å²) in [5.74, 6) is 0.0908. The number of carbonyl (C=O) groups is 3. The number of carbonyl (C=O) groups excluding carboxylic acids is 3. The molecular weight excluding hydrogens is 416 g/mol. The molecule has 0 saturated carbocycles. The lowest BCUT2D eigenvalue weighted by atomic mass is 9.73. The molecule has 7 heteroatoms. The summed E-state index contributed by atoms with van der Waals surface area (Å²) in [4.78, 5) is 45.0. The summed E-state index contributed by atoms with van der Waals surface area (Å²) < 4.78 is 0. The molecule has 182 valence electrons. The Morgan fingerprint density at radius 2 is 1.88 bits per heavy atom. The van der Waals surface area contributed by atoms with Crippen LogP contribution in [0.2, 0.25) is 0 Å². The minimum absolute atomic E-state index is 0.00612. The molecule has 1 aromatic rings. The van der Waals surface area contributed by atoms with Crippen molar-refractivity contribution < 1.29 is 14.4 Å². The smallest absolute Gasteiger partial charge is 0.325 e. The van der Waals surface area contributed by atoms with Gasteiger partial charge in [-0.25, -0.2) is 4.79 Å². The Labute approximate surface area is 198 Å². The molecule has 0 unspecified atom stereocenters. The van der Waals surface area contributed by atoms with Gasteiger partial charge >= 0.3 is 6.03 Å². The second-order valence-electron chi connectivity index (χ2n) is 10.0. The number of hydrogen-bond donors (Lipinski definition) is 1. The van der Waals surface area contributed by atoms with Gasteiger partial charge in [0.2, 0.25) is 5.91 Å². The van der Waals surface area contributed by atoms with Crippen molar-refractivity contribution in [2.24, 2.45) is 11.8 Å². The summed E-state index contributed by atoms with van der Waals surface area (Å²) >= 11 is 0. The summed E-state index contributed by atoms with van der Waals surface area (Å²) in [7, 11) is 3.98. The Bertz CT molecular complexity index is 863. The van der Waals surface area contributed by atoms with Gasteiger partial charge < -0.3 is 15.1 Å². The maximum atomic E-state index is 13.8. The van der Waals surface area contributed by atoms with E-state index >= 15 is 0 Å². The predicted octanol–water partition coefficient (Wildman–Crippen LogP) is 3.06. The Balaban J connectivity index is 1.83. The van der Waals surface area contributed by atoms with Crippen molar-refractivity contribution in [3.63, 3.8) is 0 Å². The Hall–Kier alpha value is -2.41. The Kier molecular flexibility index (Phi) is 8.16. The monoisotopic (exact) mass is 456 g/mol. The lowest BCUT2D eigenvalue weighted by molar-refractivity contribution is -0.138. The zero-order valence-electron chi connectivity index (χ0n) is 20.9. The largest absolute Gasteiger partial charge is 0.342 e. The van der Waals surface area contributed by atoms with Crippen molar-refractivity contribution >= 4 is 17.8 Å². The van der Waals surface area contributed by atoms with E-state index in [0.29, 0.717) is 38.9 Å². The number of amides is 4. The first-order chi connectivity index (χ1) is 15.7. The van der Waals surface area contributed by atoms with Crippen molar-refractivity contribution in [2.45, 2.75) is 58.4 Å². The summed E-state index contributed by atoms with van der Waals surface area (Å²) in [6, 6.07) is 7.79. The van der Waals surface area contributed by atoms with Gasteiger partial charge in [0, 0.05) is 32.0 Å². The lowest BCUT2D eigenvalue weighted by Crippen LogP contribution is -2.58. The fraction of sp³-hybridized carbons (Fsp3) is 0.654.